The summed E-state index contributed by atoms with van der Waals surface area (Å²) in [6, 6.07) is 0. The van der Waals surface area contributed by atoms with Crippen molar-refractivity contribution in [2.45, 2.75) is 328 Å². The third kappa shape index (κ3) is 64.9. The third-order valence-electron chi connectivity index (χ3n) is 15.0. The summed E-state index contributed by atoms with van der Waals surface area (Å²) in [6.07, 6.45) is 80.3. The van der Waals surface area contributed by atoms with Crippen molar-refractivity contribution < 1.29 is 42.1 Å². The van der Waals surface area contributed by atoms with Crippen LogP contribution in [0.4, 0.5) is 0 Å². The number of rotatable bonds is 63. The second-order valence-corrected chi connectivity index (χ2v) is 25.7. The molecule has 1 N–H and O–H groups in total. The molecule has 0 heterocycles. The maximum absolute atomic E-state index is 12.9. The molecule has 0 radical (unpaired) electrons. The summed E-state index contributed by atoms with van der Waals surface area (Å²) in [6.45, 7) is 4.45. The molecule has 2 unspecified atom stereocenters. The summed E-state index contributed by atoms with van der Waals surface area (Å²) >= 11 is 0. The van der Waals surface area contributed by atoms with Crippen LogP contribution in [0.25, 0.3) is 0 Å². The molecule has 80 heavy (non-hydrogen) atoms. The second-order valence-electron chi connectivity index (χ2n) is 24.2. The normalized spacial score (nSPS) is 13.5. The van der Waals surface area contributed by atoms with Crippen LogP contribution in [-0.4, -0.2) is 74.9 Å². The third-order valence-corrected chi connectivity index (χ3v) is 16.0. The molecule has 0 aromatic rings. The van der Waals surface area contributed by atoms with E-state index in [9.17, 15) is 19.0 Å². The highest BCUT2D eigenvalue weighted by atomic mass is 31.2. The molecule has 0 aliphatic heterocycles. The predicted molar refractivity (Wildman–Crippen MR) is 344 cm³/mol. The van der Waals surface area contributed by atoms with Crippen molar-refractivity contribution >= 4 is 19.8 Å². The van der Waals surface area contributed by atoms with Crippen molar-refractivity contribution in [2.24, 2.45) is 0 Å². The maximum atomic E-state index is 12.9. The van der Waals surface area contributed by atoms with E-state index in [1.54, 1.807) is 0 Å². The van der Waals surface area contributed by atoms with E-state index in [0.717, 1.165) is 51.4 Å². The summed E-state index contributed by atoms with van der Waals surface area (Å²) in [5, 5.41) is 0. The topological polar surface area (TPSA) is 108 Å². The minimum Gasteiger partial charge on any atom is -0.462 e. The number of esters is 2. The molecule has 0 fully saturated rings. The number of hydrogen-bond donors (Lipinski definition) is 1. The molecule has 0 aromatic carbocycles. The van der Waals surface area contributed by atoms with Gasteiger partial charge >= 0.3 is 19.8 Å². The second kappa shape index (κ2) is 61.3. The lowest BCUT2D eigenvalue weighted by Gasteiger charge is -2.24. The van der Waals surface area contributed by atoms with Gasteiger partial charge in [-0.1, -0.05) is 286 Å². The zero-order valence-electron chi connectivity index (χ0n) is 53.3. The molecule has 468 valence electrons. The number of phosphoric acid groups is 1. The number of ether oxygens (including phenoxy) is 2. The van der Waals surface area contributed by atoms with E-state index >= 15 is 0 Å². The van der Waals surface area contributed by atoms with E-state index < -0.39 is 26.5 Å². The summed E-state index contributed by atoms with van der Waals surface area (Å²) in [5.41, 5.74) is 0. The molecule has 0 rings (SSSR count). The molecule has 0 spiro atoms. The number of hydrogen-bond acceptors (Lipinski definition) is 7. The summed E-state index contributed by atoms with van der Waals surface area (Å²) in [5.74, 6) is -0.787. The average molecular weight is 1150 g/mol. The molecular weight excluding hydrogens is 1010 g/mol. The van der Waals surface area contributed by atoms with Crippen LogP contribution in [0.5, 0.6) is 0 Å². The molecule has 0 aliphatic carbocycles. The van der Waals surface area contributed by atoms with Gasteiger partial charge in [0.25, 0.3) is 0 Å². The van der Waals surface area contributed by atoms with Crippen LogP contribution in [0.1, 0.15) is 322 Å². The Morgan fingerprint density at radius 1 is 0.388 bits per heavy atom. The van der Waals surface area contributed by atoms with Crippen molar-refractivity contribution in [3.05, 3.63) is 60.8 Å². The number of quaternary nitrogens is 1. The van der Waals surface area contributed by atoms with E-state index in [1.165, 1.54) is 238 Å². The number of nitrogens with zero attached hydrogens (tertiary/aromatic N) is 1. The van der Waals surface area contributed by atoms with Gasteiger partial charge in [0.15, 0.2) is 6.10 Å². The summed E-state index contributed by atoms with van der Waals surface area (Å²) < 4.78 is 34.7. The lowest BCUT2D eigenvalue weighted by Crippen LogP contribution is -2.37. The van der Waals surface area contributed by atoms with Gasteiger partial charge in [-0.3, -0.25) is 18.6 Å². The predicted octanol–water partition coefficient (Wildman–Crippen LogP) is 21.8. The first-order chi connectivity index (χ1) is 39.0. The number of likely N-dealkylation sites (N-methyl/N-ethyl adjacent to an activating group) is 1. The monoisotopic (exact) mass is 1140 g/mol. The van der Waals surface area contributed by atoms with Crippen molar-refractivity contribution in [1.82, 2.24) is 0 Å². The Bertz CT molecular complexity index is 1530. The van der Waals surface area contributed by atoms with Crippen LogP contribution in [-0.2, 0) is 32.7 Å². The van der Waals surface area contributed by atoms with E-state index in [2.05, 4.69) is 74.6 Å². The van der Waals surface area contributed by atoms with Crippen LogP contribution < -0.4 is 0 Å². The lowest BCUT2D eigenvalue weighted by molar-refractivity contribution is -0.870. The minimum absolute atomic E-state index is 0.0316. The minimum atomic E-state index is -4.39. The van der Waals surface area contributed by atoms with Crippen molar-refractivity contribution in [2.75, 3.05) is 47.5 Å². The van der Waals surface area contributed by atoms with Gasteiger partial charge in [-0.25, -0.2) is 4.57 Å². The zero-order valence-corrected chi connectivity index (χ0v) is 54.2. The Morgan fingerprint density at radius 3 is 1.00 bits per heavy atom. The Labute approximate surface area is 496 Å². The van der Waals surface area contributed by atoms with Crippen LogP contribution >= 0.6 is 7.82 Å². The van der Waals surface area contributed by atoms with Gasteiger partial charge < -0.3 is 18.9 Å². The molecule has 0 aliphatic rings. The number of carbonyl (C=O) groups is 2. The quantitative estimate of drug-likeness (QED) is 0.0211. The molecule has 0 amide bonds. The molecule has 0 saturated carbocycles. The Balaban J connectivity index is 4.03. The van der Waals surface area contributed by atoms with Crippen molar-refractivity contribution in [1.29, 1.82) is 0 Å². The smallest absolute Gasteiger partial charge is 0.462 e. The van der Waals surface area contributed by atoms with Gasteiger partial charge in [0, 0.05) is 12.8 Å². The Morgan fingerprint density at radius 2 is 0.675 bits per heavy atom. The van der Waals surface area contributed by atoms with Crippen LogP contribution in [0.2, 0.25) is 0 Å². The average Bonchev–Trinajstić information content (AvgIpc) is 3.42. The van der Waals surface area contributed by atoms with E-state index in [-0.39, 0.29) is 32.0 Å². The van der Waals surface area contributed by atoms with E-state index in [4.69, 9.17) is 18.5 Å². The number of allylic oxidation sites excluding steroid dienone is 10. The summed E-state index contributed by atoms with van der Waals surface area (Å²) in [7, 11) is 1.49. The molecule has 10 heteroatoms. The molecule has 0 aromatic heterocycles. The van der Waals surface area contributed by atoms with Gasteiger partial charge in [-0.2, -0.15) is 0 Å². The SMILES string of the molecule is CCCCCCC/C=C\C/C=C\C/C=C\CCCCCCCCCCCCCCCCCCCCC(=O)OC(COC(=O)CCCCCCCCCCCCC/C=C\C/C=C\CCCCCCC)COP(=O)(O)OCC[N+](C)(C)C. The fourth-order valence-electron chi connectivity index (χ4n) is 9.76. The lowest BCUT2D eigenvalue weighted by atomic mass is 10.0. The first-order valence-electron chi connectivity index (χ1n) is 34.0. The van der Waals surface area contributed by atoms with Crippen LogP contribution in [0.15, 0.2) is 60.8 Å². The highest BCUT2D eigenvalue weighted by molar-refractivity contribution is 7.47. The van der Waals surface area contributed by atoms with Gasteiger partial charge in [-0.15, -0.1) is 0 Å². The van der Waals surface area contributed by atoms with Crippen molar-refractivity contribution in [3.8, 4) is 0 Å². The molecule has 0 bridgehead atoms. The van der Waals surface area contributed by atoms with E-state index in [1.807, 2.05) is 21.1 Å². The van der Waals surface area contributed by atoms with Gasteiger partial charge in [0.1, 0.15) is 19.8 Å². The number of unbranched alkanes of at least 4 members (excludes halogenated alkanes) is 39. The van der Waals surface area contributed by atoms with Crippen LogP contribution in [0, 0.1) is 0 Å². The first kappa shape index (κ1) is 77.7. The zero-order chi connectivity index (χ0) is 58.4. The highest BCUT2D eigenvalue weighted by Gasteiger charge is 2.27. The maximum Gasteiger partial charge on any atom is 0.472 e. The standard InChI is InChI=1S/C70H130NO8P/c1-6-8-10-12-14-16-18-20-22-24-26-28-30-31-32-33-34-35-36-37-38-39-41-43-45-47-49-51-53-55-57-59-61-63-70(73)79-68(67-78-80(74,75)77-65-64-71(3,4)5)66-76-69(72)62-60-58-56-54-52-50-48-46-44-42-40-29-27-25-23-21-19-17-15-13-11-9-7-2/h18-21,24-27,30-31,68H,6-17,22-23,28-29,32-67H2,1-5H3/p+1/b20-18-,21-19-,26-24-,27-25-,31-30-. The highest BCUT2D eigenvalue weighted by Crippen LogP contribution is 2.43. The summed E-state index contributed by atoms with van der Waals surface area (Å²) in [4.78, 5) is 35.8. The molecule has 2 atom stereocenters. The molecule has 9 nitrogen and oxygen atoms in total. The Kier molecular flexibility index (Phi) is 59.5. The van der Waals surface area contributed by atoms with Gasteiger partial charge in [-0.05, 0) is 83.5 Å². The number of phosphoric ester groups is 1. The molecular formula is C70H131NO8P+. The number of carbonyl (C=O) groups excluding carboxylic acids is 2. The van der Waals surface area contributed by atoms with Gasteiger partial charge in [0.05, 0.1) is 27.7 Å². The molecule has 0 saturated heterocycles. The van der Waals surface area contributed by atoms with Gasteiger partial charge in [0.2, 0.25) is 0 Å². The van der Waals surface area contributed by atoms with Crippen molar-refractivity contribution in [3.63, 3.8) is 0 Å². The Hall–Kier alpha value is -2.29. The van der Waals surface area contributed by atoms with Crippen LogP contribution in [0.3, 0.4) is 0 Å². The largest absolute Gasteiger partial charge is 0.472 e. The fourth-order valence-corrected chi connectivity index (χ4v) is 10.5. The fraction of sp³-hybridized carbons (Fsp3) is 0.829. The van der Waals surface area contributed by atoms with E-state index in [0.29, 0.717) is 17.4 Å². The first-order valence-corrected chi connectivity index (χ1v) is 35.5.